The van der Waals surface area contributed by atoms with Crippen LogP contribution in [-0.4, -0.2) is 28.7 Å². The van der Waals surface area contributed by atoms with Crippen LogP contribution in [0.25, 0.3) is 0 Å². The number of halogens is 1. The van der Waals surface area contributed by atoms with E-state index in [1.54, 1.807) is 24.5 Å². The van der Waals surface area contributed by atoms with Crippen LogP contribution in [0.4, 0.5) is 4.39 Å². The third-order valence-electron chi connectivity index (χ3n) is 4.30. The van der Waals surface area contributed by atoms with E-state index in [-0.39, 0.29) is 24.0 Å². The van der Waals surface area contributed by atoms with E-state index in [0.717, 1.165) is 22.0 Å². The van der Waals surface area contributed by atoms with Gasteiger partial charge in [0.2, 0.25) is 5.78 Å². The molecule has 1 aromatic carbocycles. The number of Topliss-reactive ketones (excluding diaryl/α,β-unsaturated/α-hetero) is 1. The molecule has 0 amide bonds. The maximum Gasteiger partial charge on any atom is 0.316 e. The summed E-state index contributed by atoms with van der Waals surface area (Å²) in [5, 5.41) is 0. The molecular weight excluding hydrogens is 381 g/mol. The van der Waals surface area contributed by atoms with Crippen molar-refractivity contribution in [1.29, 1.82) is 0 Å². The smallest absolute Gasteiger partial charge is 0.316 e. The maximum atomic E-state index is 12.9. The van der Waals surface area contributed by atoms with Crippen molar-refractivity contribution < 1.29 is 23.1 Å². The number of furan rings is 1. The lowest BCUT2D eigenvalue weighted by Gasteiger charge is -2.08. The number of aromatic nitrogens is 1. The molecule has 0 spiro atoms. The molecular formula is C21H20FNO4S. The molecule has 2 heterocycles. The minimum absolute atomic E-state index is 0.0520. The first-order valence-electron chi connectivity index (χ1n) is 8.70. The summed E-state index contributed by atoms with van der Waals surface area (Å²) >= 11 is 1.23. The standard InChI is InChI=1S/C21H20FNO4S/c1-14-10-19(15(2)23(14)11-17-4-3-9-26-17)20(24)12-27-21(25)13-28-18-7-5-16(22)6-8-18/h3-10H,11-13H2,1-2H3. The molecule has 0 aliphatic carbocycles. The molecule has 28 heavy (non-hydrogen) atoms. The highest BCUT2D eigenvalue weighted by atomic mass is 32.2. The van der Waals surface area contributed by atoms with E-state index in [1.165, 1.54) is 23.9 Å². The molecule has 2 aromatic heterocycles. The number of hydrogen-bond acceptors (Lipinski definition) is 5. The van der Waals surface area contributed by atoms with E-state index in [2.05, 4.69) is 0 Å². The van der Waals surface area contributed by atoms with Gasteiger partial charge in [-0.1, -0.05) is 0 Å². The second kappa shape index (κ2) is 8.93. The van der Waals surface area contributed by atoms with Crippen molar-refractivity contribution in [3.63, 3.8) is 0 Å². The molecule has 0 bridgehead atoms. The van der Waals surface area contributed by atoms with Crippen LogP contribution in [0.5, 0.6) is 0 Å². The van der Waals surface area contributed by atoms with E-state index in [1.807, 2.05) is 30.5 Å². The molecule has 0 N–H and O–H groups in total. The Morgan fingerprint density at radius 2 is 1.93 bits per heavy atom. The first kappa shape index (κ1) is 19.9. The van der Waals surface area contributed by atoms with Gasteiger partial charge in [0.15, 0.2) is 6.61 Å². The van der Waals surface area contributed by atoms with Gasteiger partial charge in [0.05, 0.1) is 18.6 Å². The minimum Gasteiger partial charge on any atom is -0.467 e. The first-order chi connectivity index (χ1) is 13.4. The minimum atomic E-state index is -0.493. The third kappa shape index (κ3) is 4.92. The van der Waals surface area contributed by atoms with E-state index in [9.17, 15) is 14.0 Å². The van der Waals surface area contributed by atoms with Crippen LogP contribution in [0.2, 0.25) is 0 Å². The third-order valence-corrected chi connectivity index (χ3v) is 5.29. The predicted octanol–water partition coefficient (Wildman–Crippen LogP) is 4.40. The number of carbonyl (C=O) groups excluding carboxylic acids is 2. The van der Waals surface area contributed by atoms with Crippen LogP contribution < -0.4 is 0 Å². The lowest BCUT2D eigenvalue weighted by molar-refractivity contribution is -0.139. The lowest BCUT2D eigenvalue weighted by atomic mass is 10.1. The monoisotopic (exact) mass is 401 g/mol. The van der Waals surface area contributed by atoms with Crippen LogP contribution in [0.3, 0.4) is 0 Å². The number of rotatable bonds is 8. The van der Waals surface area contributed by atoms with Crippen molar-refractivity contribution in [1.82, 2.24) is 4.57 Å². The molecule has 7 heteroatoms. The number of esters is 1. The summed E-state index contributed by atoms with van der Waals surface area (Å²) < 4.78 is 25.3. The topological polar surface area (TPSA) is 61.4 Å². The Hall–Kier alpha value is -2.80. The molecule has 0 saturated heterocycles. The second-order valence-corrected chi connectivity index (χ2v) is 7.33. The number of hydrogen-bond donors (Lipinski definition) is 0. The molecule has 0 atom stereocenters. The summed E-state index contributed by atoms with van der Waals surface area (Å²) in [6.07, 6.45) is 1.61. The number of thioether (sulfide) groups is 1. The van der Waals surface area contributed by atoms with Gasteiger partial charge in [-0.2, -0.15) is 0 Å². The van der Waals surface area contributed by atoms with Crippen LogP contribution in [0.15, 0.2) is 58.0 Å². The average molecular weight is 401 g/mol. The Morgan fingerprint density at radius 1 is 1.18 bits per heavy atom. The summed E-state index contributed by atoms with van der Waals surface area (Å²) in [6.45, 7) is 3.99. The molecule has 0 radical (unpaired) electrons. The number of carbonyl (C=O) groups is 2. The molecule has 3 rings (SSSR count). The summed E-state index contributed by atoms with van der Waals surface area (Å²) in [4.78, 5) is 25.1. The Morgan fingerprint density at radius 3 is 2.61 bits per heavy atom. The van der Waals surface area contributed by atoms with Gasteiger partial charge in [0.1, 0.15) is 11.6 Å². The van der Waals surface area contributed by atoms with Crippen molar-refractivity contribution in [3.05, 3.63) is 77.3 Å². The molecule has 0 unspecified atom stereocenters. The second-order valence-electron chi connectivity index (χ2n) is 6.28. The highest BCUT2D eigenvalue weighted by molar-refractivity contribution is 8.00. The van der Waals surface area contributed by atoms with Gasteiger partial charge in [-0.25, -0.2) is 4.39 Å². The van der Waals surface area contributed by atoms with Gasteiger partial charge in [-0.05, 0) is 56.3 Å². The summed E-state index contributed by atoms with van der Waals surface area (Å²) in [6, 6.07) is 11.3. The van der Waals surface area contributed by atoms with Gasteiger partial charge < -0.3 is 13.7 Å². The van der Waals surface area contributed by atoms with Crippen LogP contribution in [0.1, 0.15) is 27.5 Å². The van der Waals surface area contributed by atoms with Crippen molar-refractivity contribution in [2.75, 3.05) is 12.4 Å². The Kier molecular flexibility index (Phi) is 6.36. The number of ketones is 1. The first-order valence-corrected chi connectivity index (χ1v) is 9.69. The van der Waals surface area contributed by atoms with E-state index in [0.29, 0.717) is 12.1 Å². The fraction of sp³-hybridized carbons (Fsp3) is 0.238. The van der Waals surface area contributed by atoms with Crippen LogP contribution in [-0.2, 0) is 16.1 Å². The Labute approximate surface area is 166 Å². The zero-order chi connectivity index (χ0) is 20.1. The molecule has 0 fully saturated rings. The van der Waals surface area contributed by atoms with Gasteiger partial charge in [-0.15, -0.1) is 11.8 Å². The van der Waals surface area contributed by atoms with Crippen molar-refractivity contribution in [3.8, 4) is 0 Å². The summed E-state index contributed by atoms with van der Waals surface area (Å²) in [7, 11) is 0. The molecule has 0 aliphatic rings. The molecule has 146 valence electrons. The van der Waals surface area contributed by atoms with Gasteiger partial charge in [-0.3, -0.25) is 9.59 Å². The van der Waals surface area contributed by atoms with E-state index in [4.69, 9.17) is 9.15 Å². The fourth-order valence-electron chi connectivity index (χ4n) is 2.82. The fourth-order valence-corrected chi connectivity index (χ4v) is 3.52. The quantitative estimate of drug-likeness (QED) is 0.318. The zero-order valence-electron chi connectivity index (χ0n) is 15.6. The van der Waals surface area contributed by atoms with E-state index >= 15 is 0 Å². The highest BCUT2D eigenvalue weighted by Crippen LogP contribution is 2.20. The average Bonchev–Trinajstić information content (AvgIpc) is 3.29. The zero-order valence-corrected chi connectivity index (χ0v) is 16.4. The summed E-state index contributed by atoms with van der Waals surface area (Å²) in [5.74, 6) is -0.227. The lowest BCUT2D eigenvalue weighted by Crippen LogP contribution is -2.16. The largest absolute Gasteiger partial charge is 0.467 e. The van der Waals surface area contributed by atoms with Gasteiger partial charge in [0.25, 0.3) is 0 Å². The number of ether oxygens (including phenoxy) is 1. The maximum absolute atomic E-state index is 12.9. The highest BCUT2D eigenvalue weighted by Gasteiger charge is 2.18. The number of benzene rings is 1. The molecule has 0 saturated carbocycles. The SMILES string of the molecule is Cc1cc(C(=O)COC(=O)CSc2ccc(F)cc2)c(C)n1Cc1ccco1. The van der Waals surface area contributed by atoms with Gasteiger partial charge in [0, 0.05) is 21.8 Å². The van der Waals surface area contributed by atoms with Gasteiger partial charge >= 0.3 is 5.97 Å². The van der Waals surface area contributed by atoms with Crippen LogP contribution >= 0.6 is 11.8 Å². The molecule has 5 nitrogen and oxygen atoms in total. The normalized spacial score (nSPS) is 10.8. The predicted molar refractivity (Wildman–Crippen MR) is 104 cm³/mol. The molecule has 0 aliphatic heterocycles. The Balaban J connectivity index is 1.54. The number of aryl methyl sites for hydroxylation is 1. The van der Waals surface area contributed by atoms with E-state index < -0.39 is 5.97 Å². The van der Waals surface area contributed by atoms with Crippen molar-refractivity contribution >= 4 is 23.5 Å². The van der Waals surface area contributed by atoms with Crippen LogP contribution in [0, 0.1) is 19.7 Å². The Bertz CT molecular complexity index is 961. The number of nitrogens with zero attached hydrogens (tertiary/aromatic N) is 1. The summed E-state index contributed by atoms with van der Waals surface area (Å²) in [5.41, 5.74) is 2.26. The molecule has 3 aromatic rings. The van der Waals surface area contributed by atoms with Crippen molar-refractivity contribution in [2.24, 2.45) is 0 Å². The van der Waals surface area contributed by atoms with Crippen molar-refractivity contribution in [2.45, 2.75) is 25.3 Å².